The average Bonchev–Trinajstić information content (AvgIpc) is 2.62. The Bertz CT molecular complexity index is 636. The summed E-state index contributed by atoms with van der Waals surface area (Å²) in [6, 6.07) is 20.4. The molecule has 2 rings (SSSR count). The van der Waals surface area contributed by atoms with E-state index < -0.39 is 5.60 Å². The molecule has 2 aromatic carbocycles. The van der Waals surface area contributed by atoms with Crippen LogP contribution in [-0.4, -0.2) is 5.11 Å². The summed E-state index contributed by atoms with van der Waals surface area (Å²) in [5, 5.41) is 11.0. The Morgan fingerprint density at radius 2 is 1.61 bits per heavy atom. The third-order valence-electron chi connectivity index (χ3n) is 4.46. The standard InChI is InChI=1S/C22H26O/c1-3-22(23,21-17-11-6-12-18-21)19(2)13-7-4-8-14-20-15-9-5-10-16-20/h5-6,9-12,15-19,23H,3-4,8,14H2,1-2H3/t19-,22+/m0/s1. The zero-order valence-corrected chi connectivity index (χ0v) is 14.1. The SMILES string of the molecule is CC[C@](O)(c1ccccc1)[C@@H](C)C#CCCCc1ccccc1. The van der Waals surface area contributed by atoms with E-state index in [-0.39, 0.29) is 5.92 Å². The van der Waals surface area contributed by atoms with Gasteiger partial charge in [-0.1, -0.05) is 73.5 Å². The molecule has 2 atom stereocenters. The topological polar surface area (TPSA) is 20.2 Å². The molecular weight excluding hydrogens is 280 g/mol. The lowest BCUT2D eigenvalue weighted by Gasteiger charge is -2.30. The van der Waals surface area contributed by atoms with E-state index in [1.807, 2.05) is 50.2 Å². The number of rotatable bonds is 6. The fourth-order valence-corrected chi connectivity index (χ4v) is 2.86. The molecule has 0 heterocycles. The maximum atomic E-state index is 11.0. The lowest BCUT2D eigenvalue weighted by molar-refractivity contribution is 0.000188. The van der Waals surface area contributed by atoms with Crippen molar-refractivity contribution >= 4 is 0 Å². The van der Waals surface area contributed by atoms with Crippen molar-refractivity contribution in [3.63, 3.8) is 0 Å². The van der Waals surface area contributed by atoms with E-state index in [1.165, 1.54) is 5.56 Å². The second kappa shape index (κ2) is 8.56. The van der Waals surface area contributed by atoms with E-state index in [2.05, 4.69) is 36.1 Å². The number of aliphatic hydroxyl groups is 1. The molecular formula is C22H26O. The minimum Gasteiger partial charge on any atom is -0.384 e. The van der Waals surface area contributed by atoms with E-state index in [0.717, 1.165) is 24.8 Å². The minimum atomic E-state index is -0.867. The van der Waals surface area contributed by atoms with Crippen LogP contribution in [0, 0.1) is 17.8 Å². The van der Waals surface area contributed by atoms with Crippen molar-refractivity contribution in [2.75, 3.05) is 0 Å². The van der Waals surface area contributed by atoms with Crippen LogP contribution in [0.15, 0.2) is 60.7 Å². The van der Waals surface area contributed by atoms with Gasteiger partial charge < -0.3 is 5.11 Å². The third kappa shape index (κ3) is 4.71. The van der Waals surface area contributed by atoms with Crippen LogP contribution in [-0.2, 0) is 12.0 Å². The summed E-state index contributed by atoms with van der Waals surface area (Å²) < 4.78 is 0. The molecule has 0 aliphatic carbocycles. The first-order valence-corrected chi connectivity index (χ1v) is 8.47. The van der Waals surface area contributed by atoms with Crippen LogP contribution in [0.5, 0.6) is 0 Å². The molecule has 0 saturated heterocycles. The van der Waals surface area contributed by atoms with E-state index in [0.29, 0.717) is 6.42 Å². The van der Waals surface area contributed by atoms with Gasteiger partial charge in [-0.3, -0.25) is 0 Å². The molecule has 1 nitrogen and oxygen atoms in total. The van der Waals surface area contributed by atoms with Crippen LogP contribution < -0.4 is 0 Å². The van der Waals surface area contributed by atoms with Crippen LogP contribution in [0.1, 0.15) is 44.2 Å². The highest BCUT2D eigenvalue weighted by molar-refractivity contribution is 5.26. The summed E-state index contributed by atoms with van der Waals surface area (Å²) in [7, 11) is 0. The van der Waals surface area contributed by atoms with Crippen LogP contribution >= 0.6 is 0 Å². The lowest BCUT2D eigenvalue weighted by Crippen LogP contribution is -2.32. The molecule has 120 valence electrons. The molecule has 0 unspecified atom stereocenters. The number of aryl methyl sites for hydroxylation is 1. The summed E-state index contributed by atoms with van der Waals surface area (Å²) in [5.41, 5.74) is 1.44. The Morgan fingerprint density at radius 3 is 2.22 bits per heavy atom. The fraction of sp³-hybridized carbons (Fsp3) is 0.364. The first kappa shape index (κ1) is 17.3. The maximum absolute atomic E-state index is 11.0. The Kier molecular flexibility index (Phi) is 6.44. The van der Waals surface area contributed by atoms with E-state index in [4.69, 9.17) is 0 Å². The largest absolute Gasteiger partial charge is 0.384 e. The summed E-state index contributed by atoms with van der Waals surface area (Å²) in [4.78, 5) is 0. The Balaban J connectivity index is 1.91. The smallest absolute Gasteiger partial charge is 0.103 e. The molecule has 0 aromatic heterocycles. The van der Waals surface area contributed by atoms with E-state index in [9.17, 15) is 5.11 Å². The lowest BCUT2D eigenvalue weighted by atomic mass is 9.80. The van der Waals surface area contributed by atoms with Gasteiger partial charge in [-0.25, -0.2) is 0 Å². The fourth-order valence-electron chi connectivity index (χ4n) is 2.86. The van der Waals surface area contributed by atoms with Gasteiger partial charge in [0.15, 0.2) is 0 Å². The summed E-state index contributed by atoms with van der Waals surface area (Å²) in [6.07, 6.45) is 3.64. The summed E-state index contributed by atoms with van der Waals surface area (Å²) >= 11 is 0. The van der Waals surface area contributed by atoms with Crippen molar-refractivity contribution in [2.45, 2.75) is 45.1 Å². The predicted octanol–water partition coefficient (Wildman–Crippen LogP) is 4.95. The minimum absolute atomic E-state index is 0.0772. The number of hydrogen-bond donors (Lipinski definition) is 1. The zero-order chi connectivity index (χ0) is 16.5. The number of unbranched alkanes of at least 4 members (excludes halogenated alkanes) is 1. The van der Waals surface area contributed by atoms with Crippen LogP contribution in [0.25, 0.3) is 0 Å². The highest BCUT2D eigenvalue weighted by atomic mass is 16.3. The van der Waals surface area contributed by atoms with Gasteiger partial charge in [0.25, 0.3) is 0 Å². The maximum Gasteiger partial charge on any atom is 0.103 e. The van der Waals surface area contributed by atoms with Crippen LogP contribution in [0.3, 0.4) is 0 Å². The molecule has 0 spiro atoms. The predicted molar refractivity (Wildman–Crippen MR) is 96.9 cm³/mol. The first-order valence-electron chi connectivity index (χ1n) is 8.47. The first-order chi connectivity index (χ1) is 11.2. The van der Waals surface area contributed by atoms with Crippen molar-refractivity contribution < 1.29 is 5.11 Å². The van der Waals surface area contributed by atoms with Gasteiger partial charge in [-0.2, -0.15) is 0 Å². The van der Waals surface area contributed by atoms with Gasteiger partial charge >= 0.3 is 0 Å². The Morgan fingerprint density at radius 1 is 1.00 bits per heavy atom. The van der Waals surface area contributed by atoms with Crippen molar-refractivity contribution in [2.24, 2.45) is 5.92 Å². The Labute approximate surface area is 140 Å². The second-order valence-electron chi connectivity index (χ2n) is 6.03. The average molecular weight is 306 g/mol. The molecule has 0 radical (unpaired) electrons. The molecule has 0 saturated carbocycles. The molecule has 0 bridgehead atoms. The molecule has 0 fully saturated rings. The van der Waals surface area contributed by atoms with Crippen LogP contribution in [0.2, 0.25) is 0 Å². The molecule has 1 N–H and O–H groups in total. The molecule has 2 aromatic rings. The number of benzene rings is 2. The van der Waals surface area contributed by atoms with Crippen molar-refractivity contribution in [1.29, 1.82) is 0 Å². The summed E-state index contributed by atoms with van der Waals surface area (Å²) in [5.74, 6) is 6.44. The summed E-state index contributed by atoms with van der Waals surface area (Å²) in [6.45, 7) is 4.03. The number of hydrogen-bond acceptors (Lipinski definition) is 1. The highest BCUT2D eigenvalue weighted by Gasteiger charge is 2.32. The van der Waals surface area contributed by atoms with Gasteiger partial charge in [0.05, 0.1) is 5.92 Å². The van der Waals surface area contributed by atoms with Gasteiger partial charge in [0.2, 0.25) is 0 Å². The van der Waals surface area contributed by atoms with E-state index in [1.54, 1.807) is 0 Å². The third-order valence-corrected chi connectivity index (χ3v) is 4.46. The monoisotopic (exact) mass is 306 g/mol. The van der Waals surface area contributed by atoms with Crippen molar-refractivity contribution in [3.8, 4) is 11.8 Å². The van der Waals surface area contributed by atoms with Gasteiger partial charge in [0.1, 0.15) is 5.60 Å². The second-order valence-corrected chi connectivity index (χ2v) is 6.03. The molecule has 0 aliphatic rings. The molecule has 0 aliphatic heterocycles. The van der Waals surface area contributed by atoms with Gasteiger partial charge in [-0.05, 0) is 37.3 Å². The van der Waals surface area contributed by atoms with Crippen molar-refractivity contribution in [1.82, 2.24) is 0 Å². The quantitative estimate of drug-likeness (QED) is 0.591. The van der Waals surface area contributed by atoms with E-state index >= 15 is 0 Å². The molecule has 23 heavy (non-hydrogen) atoms. The van der Waals surface area contributed by atoms with Crippen LogP contribution in [0.4, 0.5) is 0 Å². The van der Waals surface area contributed by atoms with Crippen molar-refractivity contribution in [3.05, 3.63) is 71.8 Å². The zero-order valence-electron chi connectivity index (χ0n) is 14.1. The highest BCUT2D eigenvalue weighted by Crippen LogP contribution is 2.32. The van der Waals surface area contributed by atoms with Gasteiger partial charge in [0, 0.05) is 6.42 Å². The normalized spacial score (nSPS) is 14.4. The Hall–Kier alpha value is -2.04. The molecule has 1 heteroatoms. The molecule has 0 amide bonds. The van der Waals surface area contributed by atoms with Gasteiger partial charge in [-0.15, -0.1) is 5.92 Å².